The molecule has 3 aromatic rings. The van der Waals surface area contributed by atoms with E-state index in [1.165, 1.54) is 24.3 Å². The van der Waals surface area contributed by atoms with Crippen molar-refractivity contribution < 1.29 is 12.8 Å². The van der Waals surface area contributed by atoms with Crippen molar-refractivity contribution in [1.82, 2.24) is 9.97 Å². The molecule has 0 aliphatic rings. The van der Waals surface area contributed by atoms with E-state index in [0.717, 1.165) is 5.56 Å². The van der Waals surface area contributed by atoms with Crippen LogP contribution in [-0.2, 0) is 16.6 Å². The lowest BCUT2D eigenvalue weighted by Gasteiger charge is -2.10. The molecule has 0 bridgehead atoms. The fourth-order valence-electron chi connectivity index (χ4n) is 2.20. The second-order valence-electron chi connectivity index (χ2n) is 5.56. The number of nitrogens with one attached hydrogen (secondary N) is 2. The fourth-order valence-corrected chi connectivity index (χ4v) is 3.04. The van der Waals surface area contributed by atoms with Crippen molar-refractivity contribution in [2.45, 2.75) is 11.4 Å². The Labute approximate surface area is 164 Å². The minimum absolute atomic E-state index is 0.0198. The smallest absolute Gasteiger partial charge is 0.238 e. The highest BCUT2D eigenvalue weighted by atomic mass is 79.9. The summed E-state index contributed by atoms with van der Waals surface area (Å²) >= 11 is 3.38. The zero-order valence-electron chi connectivity index (χ0n) is 13.9. The highest BCUT2D eigenvalue weighted by molar-refractivity contribution is 9.10. The number of hydrogen-bond donors (Lipinski definition) is 3. The van der Waals surface area contributed by atoms with E-state index in [1.807, 2.05) is 0 Å². The van der Waals surface area contributed by atoms with Gasteiger partial charge in [-0.05, 0) is 57.9 Å². The normalized spacial score (nSPS) is 11.2. The van der Waals surface area contributed by atoms with Gasteiger partial charge in [0.05, 0.1) is 9.37 Å². The van der Waals surface area contributed by atoms with Gasteiger partial charge in [0.25, 0.3) is 0 Å². The fraction of sp³-hybridized carbons (Fsp3) is 0.0588. The lowest BCUT2D eigenvalue weighted by molar-refractivity contribution is 0.598. The molecular formula is C17H15BrFN5O2S. The van der Waals surface area contributed by atoms with Crippen LogP contribution in [0.2, 0.25) is 0 Å². The summed E-state index contributed by atoms with van der Waals surface area (Å²) in [7, 11) is -3.74. The van der Waals surface area contributed by atoms with Gasteiger partial charge < -0.3 is 10.6 Å². The maximum Gasteiger partial charge on any atom is 0.238 e. The van der Waals surface area contributed by atoms with Crippen molar-refractivity contribution in [1.29, 1.82) is 0 Å². The van der Waals surface area contributed by atoms with Crippen LogP contribution in [0.4, 0.5) is 21.8 Å². The van der Waals surface area contributed by atoms with Gasteiger partial charge in [-0.2, -0.15) is 4.98 Å². The lowest BCUT2D eigenvalue weighted by Crippen LogP contribution is -2.11. The number of aromatic nitrogens is 2. The quantitative estimate of drug-likeness (QED) is 0.529. The van der Waals surface area contributed by atoms with Crippen LogP contribution in [0.15, 0.2) is 64.1 Å². The minimum Gasteiger partial charge on any atom is -0.365 e. The van der Waals surface area contributed by atoms with Crippen molar-refractivity contribution in [3.63, 3.8) is 0 Å². The number of anilines is 3. The van der Waals surface area contributed by atoms with E-state index in [4.69, 9.17) is 5.14 Å². The Balaban J connectivity index is 1.72. The van der Waals surface area contributed by atoms with Crippen LogP contribution < -0.4 is 15.8 Å². The molecule has 1 aromatic heterocycles. The third-order valence-corrected chi connectivity index (χ3v) is 5.07. The molecule has 0 atom stereocenters. The van der Waals surface area contributed by atoms with Crippen molar-refractivity contribution >= 4 is 43.4 Å². The third kappa shape index (κ3) is 5.22. The van der Waals surface area contributed by atoms with E-state index in [2.05, 4.69) is 36.5 Å². The summed E-state index contributed by atoms with van der Waals surface area (Å²) in [6.45, 7) is 0.457. The average molecular weight is 452 g/mol. The van der Waals surface area contributed by atoms with Gasteiger partial charge >= 0.3 is 0 Å². The molecule has 0 radical (unpaired) electrons. The SMILES string of the molecule is NS(=O)(=O)c1ccc(Nc2ncc(Br)c(NCc3ccc(F)cc3)n2)cc1. The predicted octanol–water partition coefficient (Wildman–Crippen LogP) is 3.38. The summed E-state index contributed by atoms with van der Waals surface area (Å²) in [6, 6.07) is 12.1. The Bertz CT molecular complexity index is 1040. The first kappa shape index (κ1) is 19.2. The Morgan fingerprint density at radius 3 is 2.37 bits per heavy atom. The zero-order chi connectivity index (χ0) is 19.4. The molecule has 2 aromatic carbocycles. The number of halogens is 2. The molecule has 3 rings (SSSR count). The summed E-state index contributed by atoms with van der Waals surface area (Å²) in [5, 5.41) is 11.2. The maximum atomic E-state index is 13.0. The standard InChI is InChI=1S/C17H15BrFN5O2S/c18-15-10-22-17(23-13-5-7-14(8-6-13)27(20,25)26)24-16(15)21-9-11-1-3-12(19)4-2-11/h1-8,10H,9H2,(H2,20,25,26)(H2,21,22,23,24). The number of nitrogens with two attached hydrogens (primary N) is 1. The number of hydrogen-bond acceptors (Lipinski definition) is 6. The molecule has 0 saturated heterocycles. The van der Waals surface area contributed by atoms with Gasteiger partial charge in [-0.15, -0.1) is 0 Å². The van der Waals surface area contributed by atoms with E-state index >= 15 is 0 Å². The molecule has 0 saturated carbocycles. The van der Waals surface area contributed by atoms with Crippen molar-refractivity contribution in [3.05, 3.63) is 70.6 Å². The number of nitrogens with zero attached hydrogens (tertiary/aromatic N) is 2. The molecule has 1 heterocycles. The monoisotopic (exact) mass is 451 g/mol. The van der Waals surface area contributed by atoms with Gasteiger partial charge in [-0.1, -0.05) is 12.1 Å². The largest absolute Gasteiger partial charge is 0.365 e. The topological polar surface area (TPSA) is 110 Å². The predicted molar refractivity (Wildman–Crippen MR) is 105 cm³/mol. The Morgan fingerprint density at radius 2 is 1.74 bits per heavy atom. The van der Waals surface area contributed by atoms with Gasteiger partial charge in [-0.25, -0.2) is 22.9 Å². The van der Waals surface area contributed by atoms with Crippen LogP contribution in [0.1, 0.15) is 5.56 Å². The van der Waals surface area contributed by atoms with Crippen LogP contribution in [0.3, 0.4) is 0 Å². The molecule has 0 spiro atoms. The minimum atomic E-state index is -3.74. The molecule has 10 heteroatoms. The number of rotatable bonds is 6. The molecule has 4 N–H and O–H groups in total. The average Bonchev–Trinajstić information content (AvgIpc) is 2.63. The van der Waals surface area contributed by atoms with Crippen LogP contribution in [0.5, 0.6) is 0 Å². The number of primary sulfonamides is 1. The molecule has 7 nitrogen and oxygen atoms in total. The molecule has 0 unspecified atom stereocenters. The maximum absolute atomic E-state index is 13.0. The lowest BCUT2D eigenvalue weighted by atomic mass is 10.2. The first-order valence-electron chi connectivity index (χ1n) is 7.72. The van der Waals surface area contributed by atoms with Gasteiger partial charge in [0.1, 0.15) is 11.6 Å². The highest BCUT2D eigenvalue weighted by Gasteiger charge is 2.09. The Hall–Kier alpha value is -2.56. The van der Waals surface area contributed by atoms with Gasteiger partial charge in [0.2, 0.25) is 16.0 Å². The molecule has 27 heavy (non-hydrogen) atoms. The first-order valence-corrected chi connectivity index (χ1v) is 10.1. The van der Waals surface area contributed by atoms with Crippen molar-refractivity contribution in [2.24, 2.45) is 5.14 Å². The van der Waals surface area contributed by atoms with Crippen LogP contribution in [0, 0.1) is 5.82 Å². The Morgan fingerprint density at radius 1 is 1.07 bits per heavy atom. The van der Waals surface area contributed by atoms with Crippen LogP contribution in [0.25, 0.3) is 0 Å². The van der Waals surface area contributed by atoms with Crippen molar-refractivity contribution in [2.75, 3.05) is 10.6 Å². The van der Waals surface area contributed by atoms with Gasteiger partial charge in [-0.3, -0.25) is 0 Å². The number of sulfonamides is 1. The first-order chi connectivity index (χ1) is 12.8. The van der Waals surface area contributed by atoms with Gasteiger partial charge in [0, 0.05) is 18.4 Å². The second kappa shape index (κ2) is 7.99. The van der Waals surface area contributed by atoms with E-state index < -0.39 is 10.0 Å². The van der Waals surface area contributed by atoms with E-state index in [-0.39, 0.29) is 10.7 Å². The summed E-state index contributed by atoms with van der Waals surface area (Å²) in [4.78, 5) is 8.56. The third-order valence-electron chi connectivity index (χ3n) is 3.56. The van der Waals surface area contributed by atoms with E-state index in [9.17, 15) is 12.8 Å². The van der Waals surface area contributed by atoms with E-state index in [1.54, 1.807) is 30.5 Å². The molecule has 140 valence electrons. The second-order valence-corrected chi connectivity index (χ2v) is 7.98. The molecular weight excluding hydrogens is 437 g/mol. The summed E-state index contributed by atoms with van der Waals surface area (Å²) in [6.07, 6.45) is 1.58. The molecule has 0 aliphatic carbocycles. The summed E-state index contributed by atoms with van der Waals surface area (Å²) in [5.41, 5.74) is 1.50. The molecule has 0 amide bonds. The van der Waals surface area contributed by atoms with Crippen LogP contribution >= 0.6 is 15.9 Å². The highest BCUT2D eigenvalue weighted by Crippen LogP contribution is 2.23. The zero-order valence-corrected chi connectivity index (χ0v) is 16.3. The molecule has 0 aliphatic heterocycles. The Kier molecular flexibility index (Phi) is 5.68. The van der Waals surface area contributed by atoms with Crippen LogP contribution in [-0.4, -0.2) is 18.4 Å². The summed E-state index contributed by atoms with van der Waals surface area (Å²) in [5.74, 6) is 0.586. The van der Waals surface area contributed by atoms with E-state index in [0.29, 0.717) is 28.5 Å². The molecule has 0 fully saturated rings. The van der Waals surface area contributed by atoms with Gasteiger partial charge in [0.15, 0.2) is 0 Å². The number of benzene rings is 2. The summed E-state index contributed by atoms with van der Waals surface area (Å²) < 4.78 is 36.2. The van der Waals surface area contributed by atoms with Crippen molar-refractivity contribution in [3.8, 4) is 0 Å².